The van der Waals surface area contributed by atoms with Crippen LogP contribution < -0.4 is 5.32 Å². The first kappa shape index (κ1) is 29.3. The molecule has 226 valence electrons. The van der Waals surface area contributed by atoms with Crippen molar-refractivity contribution in [3.8, 4) is 0 Å². The highest BCUT2D eigenvalue weighted by Gasteiger charge is 2.49. The van der Waals surface area contributed by atoms with Crippen LogP contribution in [0.4, 0.5) is 0 Å². The van der Waals surface area contributed by atoms with Gasteiger partial charge >= 0.3 is 11.9 Å². The van der Waals surface area contributed by atoms with Gasteiger partial charge in [-0.05, 0) is 74.1 Å². The third-order valence-corrected chi connectivity index (χ3v) is 9.53. The molecule has 0 aromatic heterocycles. The Bertz CT molecular complexity index is 1810. The Morgan fingerprint density at radius 2 is 1.75 bits per heavy atom. The second-order valence-electron chi connectivity index (χ2n) is 11.8. The number of methoxy groups -OCH3 is 1. The van der Waals surface area contributed by atoms with Gasteiger partial charge in [0.1, 0.15) is 11.7 Å². The Kier molecular flexibility index (Phi) is 7.14. The lowest BCUT2D eigenvalue weighted by Gasteiger charge is -2.20. The Labute approximate surface area is 256 Å². The summed E-state index contributed by atoms with van der Waals surface area (Å²) in [5, 5.41) is 24.7. The van der Waals surface area contributed by atoms with E-state index in [-0.39, 0.29) is 24.0 Å². The van der Waals surface area contributed by atoms with Crippen LogP contribution >= 0.6 is 0 Å². The number of carbonyl (C=O) groups is 2. The average molecular weight is 593 g/mol. The Balaban J connectivity index is 1.67. The van der Waals surface area contributed by atoms with Crippen molar-refractivity contribution in [2.45, 2.75) is 53.9 Å². The molecular weight excluding hydrogens is 556 g/mol. The summed E-state index contributed by atoms with van der Waals surface area (Å²) in [5.41, 5.74) is 11.6. The summed E-state index contributed by atoms with van der Waals surface area (Å²) in [6.45, 7) is 14.1. The molecule has 9 heteroatoms. The number of fused-ring (bicyclic) bond motifs is 5. The second-order valence-corrected chi connectivity index (χ2v) is 11.8. The van der Waals surface area contributed by atoms with E-state index in [2.05, 4.69) is 25.7 Å². The number of carboxylic acid groups (broad SMARTS) is 1. The number of rotatable bonds is 6. The molecule has 3 N–H and O–H groups in total. The number of hydrogen-bond acceptors (Lipinski definition) is 8. The minimum Gasteiger partial charge on any atom is -0.510 e. The molecule has 3 atom stereocenters. The number of carboxylic acids is 1. The van der Waals surface area contributed by atoms with Crippen LogP contribution in [0.25, 0.3) is 0 Å². The van der Waals surface area contributed by atoms with E-state index >= 15 is 0 Å². The predicted octanol–water partition coefficient (Wildman–Crippen LogP) is 6.11. The molecule has 9 nitrogen and oxygen atoms in total. The molecule has 6 rings (SSSR count). The Morgan fingerprint density at radius 1 is 1.05 bits per heavy atom. The molecule has 1 fully saturated rings. The molecule has 0 radical (unpaired) electrons. The predicted molar refractivity (Wildman–Crippen MR) is 170 cm³/mol. The normalized spacial score (nSPS) is 25.6. The number of nitrogens with zero attached hydrogens (tertiary/aromatic N) is 3. The lowest BCUT2D eigenvalue weighted by Crippen LogP contribution is -2.25. The van der Waals surface area contributed by atoms with Crippen molar-refractivity contribution in [3.63, 3.8) is 0 Å². The SMILES string of the molecule is C=CC1=C(C)C2=NC1=CC1=NC(=CC3=C(C)C4=C(O)[C@H](C(=O)OC)C(=C5NC(=C2)[C@@H](C)[C@@H]5CCC(=O)O)C4=N3)C(CC)=C1C. The van der Waals surface area contributed by atoms with E-state index in [1.54, 1.807) is 0 Å². The van der Waals surface area contributed by atoms with E-state index in [9.17, 15) is 19.8 Å². The minimum atomic E-state index is -1.09. The monoisotopic (exact) mass is 592 g/mol. The molecule has 0 aromatic carbocycles. The highest BCUT2D eigenvalue weighted by molar-refractivity contribution is 6.24. The molecule has 0 aromatic rings. The summed E-state index contributed by atoms with van der Waals surface area (Å²) in [6.07, 6.45) is 8.76. The minimum absolute atomic E-state index is 0.0595. The fraction of sp³-hybridized carbons (Fsp3) is 0.343. The van der Waals surface area contributed by atoms with Crippen LogP contribution in [0, 0.1) is 17.8 Å². The second kappa shape index (κ2) is 10.7. The number of carbonyl (C=O) groups excluding carboxylic acids is 1. The Morgan fingerprint density at radius 3 is 2.41 bits per heavy atom. The van der Waals surface area contributed by atoms with Gasteiger partial charge < -0.3 is 20.3 Å². The van der Waals surface area contributed by atoms with Gasteiger partial charge in [0.25, 0.3) is 0 Å². The first-order valence-corrected chi connectivity index (χ1v) is 14.9. The summed E-state index contributed by atoms with van der Waals surface area (Å²) >= 11 is 0. The van der Waals surface area contributed by atoms with Gasteiger partial charge in [-0.15, -0.1) is 0 Å². The number of nitrogens with one attached hydrogen (secondary N) is 1. The van der Waals surface area contributed by atoms with Crippen molar-refractivity contribution in [1.82, 2.24) is 5.32 Å². The van der Waals surface area contributed by atoms with Crippen molar-refractivity contribution in [1.29, 1.82) is 0 Å². The van der Waals surface area contributed by atoms with Crippen molar-refractivity contribution >= 4 is 29.1 Å². The van der Waals surface area contributed by atoms with Crippen molar-refractivity contribution in [3.05, 3.63) is 104 Å². The van der Waals surface area contributed by atoms with Crippen LogP contribution in [0.15, 0.2) is 119 Å². The molecule has 5 heterocycles. The van der Waals surface area contributed by atoms with Gasteiger partial charge in [0.15, 0.2) is 0 Å². The Hall–Kier alpha value is -4.79. The third-order valence-electron chi connectivity index (χ3n) is 9.53. The lowest BCUT2D eigenvalue weighted by atomic mass is 9.84. The maximum atomic E-state index is 13.2. The maximum Gasteiger partial charge on any atom is 0.321 e. The lowest BCUT2D eigenvalue weighted by molar-refractivity contribution is -0.143. The highest BCUT2D eigenvalue weighted by atomic mass is 16.5. The van der Waals surface area contributed by atoms with Crippen molar-refractivity contribution in [2.75, 3.05) is 7.11 Å². The van der Waals surface area contributed by atoms with Crippen LogP contribution in [0.1, 0.15) is 53.9 Å². The van der Waals surface area contributed by atoms with E-state index in [1.165, 1.54) is 7.11 Å². The number of aliphatic imine (C=N–C) groups is 3. The summed E-state index contributed by atoms with van der Waals surface area (Å²) in [4.78, 5) is 40.0. The van der Waals surface area contributed by atoms with Crippen LogP contribution in [-0.2, 0) is 14.3 Å². The summed E-state index contributed by atoms with van der Waals surface area (Å²) in [5.74, 6) is -3.14. The van der Waals surface area contributed by atoms with Crippen LogP contribution in [0.5, 0.6) is 0 Å². The molecule has 6 aliphatic rings. The van der Waals surface area contributed by atoms with E-state index in [0.29, 0.717) is 34.7 Å². The number of hydrogen-bond donors (Lipinski definition) is 3. The third kappa shape index (κ3) is 4.32. The van der Waals surface area contributed by atoms with Gasteiger partial charge in [-0.3, -0.25) is 9.59 Å². The largest absolute Gasteiger partial charge is 0.510 e. The molecule has 0 spiro atoms. The summed E-state index contributed by atoms with van der Waals surface area (Å²) in [6, 6.07) is 0. The van der Waals surface area contributed by atoms with Gasteiger partial charge in [-0.2, -0.15) is 0 Å². The molecule has 1 aliphatic carbocycles. The smallest absolute Gasteiger partial charge is 0.321 e. The number of aliphatic hydroxyl groups is 1. The van der Waals surface area contributed by atoms with Gasteiger partial charge in [0.2, 0.25) is 0 Å². The van der Waals surface area contributed by atoms with E-state index in [1.807, 2.05) is 45.1 Å². The molecule has 5 aliphatic heterocycles. The van der Waals surface area contributed by atoms with Crippen molar-refractivity contribution in [2.24, 2.45) is 32.7 Å². The molecule has 0 unspecified atom stereocenters. The van der Waals surface area contributed by atoms with E-state index in [4.69, 9.17) is 19.7 Å². The van der Waals surface area contributed by atoms with E-state index in [0.717, 1.165) is 62.8 Å². The number of aliphatic hydroxyl groups excluding tert-OH is 1. The van der Waals surface area contributed by atoms with Crippen LogP contribution in [-0.4, -0.2) is 46.4 Å². The number of ether oxygens (including phenoxy) is 1. The first-order chi connectivity index (χ1) is 21.0. The van der Waals surface area contributed by atoms with Gasteiger partial charge in [-0.1, -0.05) is 26.5 Å². The molecule has 0 amide bonds. The number of esters is 1. The quantitative estimate of drug-likeness (QED) is 0.319. The zero-order valence-corrected chi connectivity index (χ0v) is 25.8. The number of allylic oxidation sites excluding steroid dienone is 11. The summed E-state index contributed by atoms with van der Waals surface area (Å²) in [7, 11) is 1.29. The van der Waals surface area contributed by atoms with Gasteiger partial charge in [0, 0.05) is 46.4 Å². The van der Waals surface area contributed by atoms with E-state index < -0.39 is 17.9 Å². The highest BCUT2D eigenvalue weighted by Crippen LogP contribution is 2.49. The standard InChI is InChI=1S/C35H36N4O5/c1-8-19-15(3)22-12-24-17(5)21(10-11-28(40)41)32(38-24)30-31(35(43)44-7)34(42)29-18(6)25(39-33(29)30)14-27-20(9-2)16(4)23(37-27)13-26(19)36-22/h8,12-14,17,21,31,38,42H,1,9-11H2,2-7H3,(H,40,41)/t17-,21-,31+/m0/s1. The maximum absolute atomic E-state index is 13.2. The van der Waals surface area contributed by atoms with Gasteiger partial charge in [-0.25, -0.2) is 15.0 Å². The number of aliphatic carboxylic acids is 1. The molecule has 1 saturated heterocycles. The zero-order valence-electron chi connectivity index (χ0n) is 25.8. The van der Waals surface area contributed by atoms with Crippen molar-refractivity contribution < 1.29 is 24.5 Å². The molecule has 8 bridgehead atoms. The van der Waals surface area contributed by atoms with Crippen LogP contribution in [0.2, 0.25) is 0 Å². The molecular formula is C35H36N4O5. The average Bonchev–Trinajstić information content (AvgIpc) is 3.72. The zero-order chi connectivity index (χ0) is 31.6. The fourth-order valence-electron chi connectivity index (χ4n) is 7.05. The summed E-state index contributed by atoms with van der Waals surface area (Å²) < 4.78 is 5.17. The topological polar surface area (TPSA) is 133 Å². The fourth-order valence-corrected chi connectivity index (χ4v) is 7.05. The molecule has 44 heavy (non-hydrogen) atoms. The van der Waals surface area contributed by atoms with Gasteiger partial charge in [0.05, 0.1) is 41.3 Å². The van der Waals surface area contributed by atoms with Crippen LogP contribution in [0.3, 0.4) is 0 Å². The first-order valence-electron chi connectivity index (χ1n) is 14.9. The molecule has 0 saturated carbocycles.